The van der Waals surface area contributed by atoms with Crippen LogP contribution in [0.25, 0.3) is 0 Å². The monoisotopic (exact) mass is 202 g/mol. The van der Waals surface area contributed by atoms with E-state index < -0.39 is 0 Å². The third-order valence-corrected chi connectivity index (χ3v) is 2.30. The van der Waals surface area contributed by atoms with Crippen molar-refractivity contribution in [1.82, 2.24) is 4.90 Å². The van der Waals surface area contributed by atoms with E-state index in [2.05, 4.69) is 18.0 Å². The Hall–Kier alpha value is -0.260. The van der Waals surface area contributed by atoms with Crippen LogP contribution in [0.1, 0.15) is 32.1 Å². The predicted molar refractivity (Wildman–Crippen MR) is 56.9 cm³/mol. The topological polar surface area (TPSA) is 27.0 Å². The summed E-state index contributed by atoms with van der Waals surface area (Å²) in [6.45, 7) is 2.00. The average Bonchev–Trinajstić information content (AvgIpc) is 2.14. The Labute approximate surface area is 86.5 Å². The van der Waals surface area contributed by atoms with E-state index in [0.717, 1.165) is 25.4 Å². The number of nitrogens with zero attached hydrogens (tertiary/aromatic N) is 2. The maximum atomic E-state index is 8.37. The number of hydrogen-bond acceptors (Lipinski definition) is 2. The van der Waals surface area contributed by atoms with E-state index in [1.165, 1.54) is 19.3 Å². The molecule has 0 rings (SSSR count). The molecule has 0 fully saturated rings. The van der Waals surface area contributed by atoms with Crippen LogP contribution in [0.5, 0.6) is 0 Å². The van der Waals surface area contributed by atoms with E-state index in [0.29, 0.717) is 6.42 Å². The molecule has 2 nitrogen and oxygen atoms in total. The number of unbranched alkanes of at least 4 members (excludes halogenated alkanes) is 3. The fourth-order valence-corrected chi connectivity index (χ4v) is 1.37. The van der Waals surface area contributed by atoms with E-state index >= 15 is 0 Å². The molecule has 0 saturated heterocycles. The average molecular weight is 203 g/mol. The molecule has 0 aliphatic heterocycles. The minimum atomic E-state index is 0.637. The van der Waals surface area contributed by atoms with E-state index in [1.807, 2.05) is 0 Å². The highest BCUT2D eigenvalue weighted by Gasteiger charge is 1.96. The summed E-state index contributed by atoms with van der Waals surface area (Å²) in [7, 11) is 2.07. The third-order valence-electron chi connectivity index (χ3n) is 2.03. The Morgan fingerprint density at radius 3 is 2.46 bits per heavy atom. The number of rotatable bonds is 8. The molecule has 3 heteroatoms. The summed E-state index contributed by atoms with van der Waals surface area (Å²) in [5.41, 5.74) is 0. The molecule has 0 N–H and O–H groups in total. The Kier molecular flexibility index (Phi) is 9.63. The summed E-state index contributed by atoms with van der Waals surface area (Å²) in [4.78, 5) is 2.21. The summed E-state index contributed by atoms with van der Waals surface area (Å²) in [5, 5.41) is 8.37. The van der Waals surface area contributed by atoms with Crippen LogP contribution in [0, 0.1) is 11.3 Å². The van der Waals surface area contributed by atoms with Gasteiger partial charge in [0.25, 0.3) is 0 Å². The van der Waals surface area contributed by atoms with Gasteiger partial charge in [-0.15, -0.1) is 11.6 Å². The molecule has 0 atom stereocenters. The molecule has 0 bridgehead atoms. The Bertz CT molecular complexity index is 142. The zero-order valence-corrected chi connectivity index (χ0v) is 9.19. The molecule has 0 unspecified atom stereocenters. The van der Waals surface area contributed by atoms with Crippen molar-refractivity contribution >= 4 is 11.6 Å². The second-order valence-electron chi connectivity index (χ2n) is 3.31. The lowest BCUT2D eigenvalue weighted by molar-refractivity contribution is 0.331. The molecule has 13 heavy (non-hydrogen) atoms. The van der Waals surface area contributed by atoms with Gasteiger partial charge in [0.15, 0.2) is 0 Å². The fourth-order valence-electron chi connectivity index (χ4n) is 1.18. The predicted octanol–water partition coefficient (Wildman–Crippen LogP) is 2.63. The zero-order chi connectivity index (χ0) is 9.94. The van der Waals surface area contributed by atoms with Crippen LogP contribution < -0.4 is 0 Å². The lowest BCUT2D eigenvalue weighted by Crippen LogP contribution is -2.20. The van der Waals surface area contributed by atoms with Crippen molar-refractivity contribution in [2.45, 2.75) is 32.1 Å². The summed E-state index contributed by atoms with van der Waals surface area (Å²) < 4.78 is 0. The van der Waals surface area contributed by atoms with Crippen LogP contribution in [0.15, 0.2) is 0 Å². The van der Waals surface area contributed by atoms with Gasteiger partial charge >= 0.3 is 0 Å². The summed E-state index contributed by atoms with van der Waals surface area (Å²) in [5.74, 6) is 0.782. The van der Waals surface area contributed by atoms with E-state index in [4.69, 9.17) is 16.9 Å². The highest BCUT2D eigenvalue weighted by Crippen LogP contribution is 2.02. The van der Waals surface area contributed by atoms with E-state index in [9.17, 15) is 0 Å². The van der Waals surface area contributed by atoms with Crippen LogP contribution in [0.2, 0.25) is 0 Å². The number of hydrogen-bond donors (Lipinski definition) is 0. The molecular formula is C10H19ClN2. The third kappa shape index (κ3) is 9.66. The number of alkyl halides is 1. The van der Waals surface area contributed by atoms with Crippen LogP contribution >= 0.6 is 11.6 Å². The SMILES string of the molecule is CN(CCC#N)CCCCCCCl. The molecule has 0 saturated carbocycles. The molecule has 0 amide bonds. The maximum Gasteiger partial charge on any atom is 0.0635 e. The summed E-state index contributed by atoms with van der Waals surface area (Å²) >= 11 is 5.57. The number of nitriles is 1. The normalized spacial score (nSPS) is 10.3. The van der Waals surface area contributed by atoms with Gasteiger partial charge in [-0.05, 0) is 26.4 Å². The van der Waals surface area contributed by atoms with Gasteiger partial charge in [-0.3, -0.25) is 0 Å². The lowest BCUT2D eigenvalue weighted by atomic mass is 10.2. The molecule has 0 radical (unpaired) electrons. The minimum absolute atomic E-state index is 0.637. The van der Waals surface area contributed by atoms with Crippen molar-refractivity contribution in [3.63, 3.8) is 0 Å². The van der Waals surface area contributed by atoms with Crippen LogP contribution in [-0.2, 0) is 0 Å². The Morgan fingerprint density at radius 1 is 1.15 bits per heavy atom. The molecule has 0 aliphatic rings. The fraction of sp³-hybridized carbons (Fsp3) is 0.900. The van der Waals surface area contributed by atoms with Gasteiger partial charge in [-0.2, -0.15) is 5.26 Å². The van der Waals surface area contributed by atoms with Crippen LogP contribution in [0.3, 0.4) is 0 Å². The first kappa shape index (κ1) is 12.7. The molecule has 0 aromatic carbocycles. The molecule has 0 spiro atoms. The second kappa shape index (κ2) is 9.83. The zero-order valence-electron chi connectivity index (χ0n) is 8.43. The molecule has 76 valence electrons. The van der Waals surface area contributed by atoms with Gasteiger partial charge in [-0.1, -0.05) is 12.8 Å². The van der Waals surface area contributed by atoms with Crippen LogP contribution in [-0.4, -0.2) is 30.9 Å². The first-order valence-corrected chi connectivity index (χ1v) is 5.46. The van der Waals surface area contributed by atoms with Gasteiger partial charge in [0.2, 0.25) is 0 Å². The molecule has 0 heterocycles. The van der Waals surface area contributed by atoms with Gasteiger partial charge < -0.3 is 4.90 Å². The van der Waals surface area contributed by atoms with E-state index in [-0.39, 0.29) is 0 Å². The van der Waals surface area contributed by atoms with Crippen molar-refractivity contribution in [3.8, 4) is 6.07 Å². The summed E-state index contributed by atoms with van der Waals surface area (Å²) in [6.07, 6.45) is 5.47. The molecule has 0 aliphatic carbocycles. The highest BCUT2D eigenvalue weighted by atomic mass is 35.5. The standard InChI is InChI=1S/C10H19ClN2/c1-13(10-6-8-12)9-5-3-2-4-7-11/h2-7,9-10H2,1H3. The van der Waals surface area contributed by atoms with Gasteiger partial charge in [0.05, 0.1) is 6.07 Å². The quantitative estimate of drug-likeness (QED) is 0.447. The number of halogens is 1. The van der Waals surface area contributed by atoms with Crippen molar-refractivity contribution in [1.29, 1.82) is 5.26 Å². The van der Waals surface area contributed by atoms with Gasteiger partial charge in [-0.25, -0.2) is 0 Å². The first-order valence-electron chi connectivity index (χ1n) is 4.92. The minimum Gasteiger partial charge on any atom is -0.305 e. The Morgan fingerprint density at radius 2 is 1.85 bits per heavy atom. The van der Waals surface area contributed by atoms with Crippen molar-refractivity contribution in [3.05, 3.63) is 0 Å². The first-order chi connectivity index (χ1) is 6.31. The summed E-state index contributed by atoms with van der Waals surface area (Å²) in [6, 6.07) is 2.15. The molecular weight excluding hydrogens is 184 g/mol. The Balaban J connectivity index is 3.08. The van der Waals surface area contributed by atoms with Crippen molar-refractivity contribution in [2.75, 3.05) is 26.0 Å². The van der Waals surface area contributed by atoms with Crippen LogP contribution in [0.4, 0.5) is 0 Å². The molecule has 0 aromatic heterocycles. The molecule has 0 aromatic rings. The maximum absolute atomic E-state index is 8.37. The largest absolute Gasteiger partial charge is 0.305 e. The smallest absolute Gasteiger partial charge is 0.0635 e. The second-order valence-corrected chi connectivity index (χ2v) is 3.69. The lowest BCUT2D eigenvalue weighted by Gasteiger charge is -2.13. The van der Waals surface area contributed by atoms with Gasteiger partial charge in [0.1, 0.15) is 0 Å². The van der Waals surface area contributed by atoms with E-state index in [1.54, 1.807) is 0 Å². The van der Waals surface area contributed by atoms with Crippen molar-refractivity contribution < 1.29 is 0 Å². The highest BCUT2D eigenvalue weighted by molar-refractivity contribution is 6.17. The van der Waals surface area contributed by atoms with Crippen molar-refractivity contribution in [2.24, 2.45) is 0 Å². The van der Waals surface area contributed by atoms with Gasteiger partial charge in [0, 0.05) is 18.8 Å².